The molecule has 0 spiro atoms. The van der Waals surface area contributed by atoms with Crippen LogP contribution in [-0.4, -0.2) is 37.5 Å². The van der Waals surface area contributed by atoms with Crippen LogP contribution in [0, 0.1) is 35.8 Å². The topological polar surface area (TPSA) is 74.8 Å². The molecule has 2 aliphatic rings. The van der Waals surface area contributed by atoms with Crippen molar-refractivity contribution < 1.29 is 9.47 Å². The van der Waals surface area contributed by atoms with Crippen molar-refractivity contribution in [2.45, 2.75) is 62.9 Å². The number of hydrogen-bond donors (Lipinski definition) is 0. The van der Waals surface area contributed by atoms with Gasteiger partial charge in [-0.3, -0.25) is 0 Å². The Balaban J connectivity index is 0.000000220. The second kappa shape index (κ2) is 10.6. The van der Waals surface area contributed by atoms with Gasteiger partial charge in [0.15, 0.2) is 0 Å². The Bertz CT molecular complexity index is 404. The molecule has 0 aromatic carbocycles. The first-order valence-electron chi connectivity index (χ1n) is 7.44. The molecule has 0 radical (unpaired) electrons. The van der Waals surface area contributed by atoms with Crippen molar-refractivity contribution in [3.05, 3.63) is 22.8 Å². The summed E-state index contributed by atoms with van der Waals surface area (Å²) in [6.07, 6.45) is 5.05. The summed E-state index contributed by atoms with van der Waals surface area (Å²) in [5.41, 5.74) is 0. The summed E-state index contributed by atoms with van der Waals surface area (Å²) in [5, 5.41) is 16.7. The average Bonchev–Trinajstić information content (AvgIpc) is 3.12. The van der Waals surface area contributed by atoms with Crippen molar-refractivity contribution in [3.8, 4) is 12.1 Å². The van der Waals surface area contributed by atoms with Crippen LogP contribution in [0.4, 0.5) is 0 Å². The Kier molecular flexibility index (Phi) is 8.63. The van der Waals surface area contributed by atoms with Crippen molar-refractivity contribution in [2.75, 3.05) is 13.1 Å². The van der Waals surface area contributed by atoms with E-state index in [1.54, 1.807) is 0 Å². The maximum Gasteiger partial charge on any atom is 0.240 e. The lowest BCUT2D eigenvalue weighted by atomic mass is 10.1. The largest absolute Gasteiger partial charge is 0.366 e. The van der Waals surface area contributed by atoms with E-state index in [0.29, 0.717) is 25.9 Å². The minimum absolute atomic E-state index is 0.0887. The van der Waals surface area contributed by atoms with Crippen LogP contribution in [0.2, 0.25) is 0 Å². The maximum atomic E-state index is 8.35. The minimum Gasteiger partial charge on any atom is -0.366 e. The van der Waals surface area contributed by atoms with Crippen LogP contribution in [0.3, 0.4) is 0 Å². The molecule has 0 unspecified atom stereocenters. The van der Waals surface area contributed by atoms with Crippen LogP contribution < -0.4 is 0 Å². The highest BCUT2D eigenvalue weighted by Crippen LogP contribution is 2.22. The zero-order valence-corrected chi connectivity index (χ0v) is 12.6. The second-order valence-corrected chi connectivity index (χ2v) is 5.32. The quantitative estimate of drug-likeness (QED) is 0.748. The maximum absolute atomic E-state index is 8.35. The molecule has 0 aliphatic carbocycles. The molecule has 6 heteroatoms. The first-order valence-corrected chi connectivity index (χ1v) is 7.44. The van der Waals surface area contributed by atoms with E-state index in [1.165, 1.54) is 0 Å². The smallest absolute Gasteiger partial charge is 0.240 e. The lowest BCUT2D eigenvalue weighted by Crippen LogP contribution is -2.12. The lowest BCUT2D eigenvalue weighted by molar-refractivity contribution is 0.0570. The highest BCUT2D eigenvalue weighted by molar-refractivity contribution is 4.85. The first-order chi connectivity index (χ1) is 10.7. The summed E-state index contributed by atoms with van der Waals surface area (Å²) < 4.78 is 10.8. The van der Waals surface area contributed by atoms with E-state index >= 15 is 0 Å². The second-order valence-electron chi connectivity index (χ2n) is 5.32. The fraction of sp³-hybridized carbons (Fsp3) is 0.750. The molecular formula is C16H20N4O2. The van der Waals surface area contributed by atoms with Gasteiger partial charge in [0.25, 0.3) is 0 Å². The average molecular weight is 300 g/mol. The lowest BCUT2D eigenvalue weighted by Gasteiger charge is -2.04. The highest BCUT2D eigenvalue weighted by Gasteiger charge is 2.27. The van der Waals surface area contributed by atoms with E-state index in [0.717, 1.165) is 25.7 Å². The fourth-order valence-electron chi connectivity index (χ4n) is 2.54. The van der Waals surface area contributed by atoms with Gasteiger partial charge in [0, 0.05) is 0 Å². The molecule has 0 saturated carbocycles. The number of ether oxygens (including phenoxy) is 2. The van der Waals surface area contributed by atoms with E-state index in [9.17, 15) is 0 Å². The molecule has 0 aromatic rings. The summed E-state index contributed by atoms with van der Waals surface area (Å²) >= 11 is 0. The van der Waals surface area contributed by atoms with Crippen LogP contribution in [-0.2, 0) is 9.47 Å². The molecule has 2 heterocycles. The third kappa shape index (κ3) is 6.55. The van der Waals surface area contributed by atoms with Crippen molar-refractivity contribution in [2.24, 2.45) is 0 Å². The number of hydrogen-bond acceptors (Lipinski definition) is 4. The van der Waals surface area contributed by atoms with Gasteiger partial charge in [0.05, 0.1) is 37.2 Å². The number of nitrogens with zero attached hydrogens (tertiary/aromatic N) is 4. The molecule has 2 aliphatic heterocycles. The van der Waals surface area contributed by atoms with Gasteiger partial charge in [-0.1, -0.05) is 0 Å². The van der Waals surface area contributed by atoms with Crippen LogP contribution in [0.5, 0.6) is 0 Å². The molecule has 0 aromatic heterocycles. The van der Waals surface area contributed by atoms with Crippen molar-refractivity contribution in [1.82, 2.24) is 0 Å². The van der Waals surface area contributed by atoms with Crippen molar-refractivity contribution >= 4 is 0 Å². The van der Waals surface area contributed by atoms with Crippen LogP contribution in [0.15, 0.2) is 0 Å². The van der Waals surface area contributed by atoms with Crippen molar-refractivity contribution in [3.63, 3.8) is 0 Å². The van der Waals surface area contributed by atoms with Gasteiger partial charge in [-0.15, -0.1) is 0 Å². The first kappa shape index (κ1) is 17.9. The Labute approximate surface area is 131 Å². The molecule has 2 rings (SSSR count). The van der Waals surface area contributed by atoms with Crippen LogP contribution >= 0.6 is 0 Å². The SMILES string of the molecule is [C-]#[N+]C[C@@H]1CC[C@@H](CC#N)O1.[C-]#[N+]C[C@@H]1CC[C@H](CC#N)O1. The van der Waals surface area contributed by atoms with Gasteiger partial charge in [-0.2, -0.15) is 10.5 Å². The Morgan fingerprint density at radius 2 is 1.14 bits per heavy atom. The van der Waals surface area contributed by atoms with E-state index in [-0.39, 0.29) is 24.4 Å². The molecule has 6 nitrogen and oxygen atoms in total. The molecule has 2 saturated heterocycles. The summed E-state index contributed by atoms with van der Waals surface area (Å²) in [6.45, 7) is 14.1. The van der Waals surface area contributed by atoms with E-state index in [1.807, 2.05) is 0 Å². The van der Waals surface area contributed by atoms with Crippen LogP contribution in [0.1, 0.15) is 38.5 Å². The van der Waals surface area contributed by atoms with Gasteiger partial charge >= 0.3 is 0 Å². The predicted molar refractivity (Wildman–Crippen MR) is 79.2 cm³/mol. The molecule has 0 N–H and O–H groups in total. The zero-order chi connectivity index (χ0) is 16.2. The molecular weight excluding hydrogens is 280 g/mol. The van der Waals surface area contributed by atoms with Gasteiger partial charge in [0.1, 0.15) is 12.2 Å². The van der Waals surface area contributed by atoms with Gasteiger partial charge in [0.2, 0.25) is 13.1 Å². The summed E-state index contributed by atoms with van der Waals surface area (Å²) in [6, 6.07) is 4.14. The Morgan fingerprint density at radius 3 is 1.45 bits per heavy atom. The molecule has 0 amide bonds. The van der Waals surface area contributed by atoms with E-state index in [4.69, 9.17) is 33.1 Å². The molecule has 22 heavy (non-hydrogen) atoms. The van der Waals surface area contributed by atoms with Gasteiger partial charge in [-0.25, -0.2) is 13.1 Å². The monoisotopic (exact) mass is 300 g/mol. The number of nitriles is 2. The molecule has 2 fully saturated rings. The predicted octanol–water partition coefficient (Wildman–Crippen LogP) is 2.73. The van der Waals surface area contributed by atoms with Gasteiger partial charge < -0.3 is 19.2 Å². The third-order valence-corrected chi connectivity index (χ3v) is 3.62. The Morgan fingerprint density at radius 1 is 0.773 bits per heavy atom. The zero-order valence-electron chi connectivity index (χ0n) is 12.6. The third-order valence-electron chi connectivity index (χ3n) is 3.62. The van der Waals surface area contributed by atoms with Gasteiger partial charge in [-0.05, 0) is 25.7 Å². The fourth-order valence-corrected chi connectivity index (χ4v) is 2.54. The van der Waals surface area contributed by atoms with E-state index < -0.39 is 0 Å². The Hall–Kier alpha value is -2.12. The molecule has 116 valence electrons. The molecule has 0 bridgehead atoms. The minimum atomic E-state index is 0.0887. The molecule has 4 atom stereocenters. The summed E-state index contributed by atoms with van der Waals surface area (Å²) in [4.78, 5) is 6.51. The number of rotatable bonds is 4. The van der Waals surface area contributed by atoms with Crippen molar-refractivity contribution in [1.29, 1.82) is 10.5 Å². The highest BCUT2D eigenvalue weighted by atomic mass is 16.5. The summed E-state index contributed by atoms with van der Waals surface area (Å²) in [5.74, 6) is 0. The van der Waals surface area contributed by atoms with E-state index in [2.05, 4.69) is 21.8 Å². The normalized spacial score (nSPS) is 29.3. The summed E-state index contributed by atoms with van der Waals surface area (Å²) in [7, 11) is 0. The van der Waals surface area contributed by atoms with Crippen LogP contribution in [0.25, 0.3) is 9.69 Å². The standard InChI is InChI=1S/2C8H10N2O/c2*1-10-6-8-3-2-7(11-8)4-5-9/h2*7-8H,2-4,6H2/t7-,8+;7-,8-/m10/s1.